The number of hydrogen-bond donors (Lipinski definition) is 2. The summed E-state index contributed by atoms with van der Waals surface area (Å²) in [4.78, 5) is 4.67. The van der Waals surface area contributed by atoms with Crippen LogP contribution in [0.15, 0.2) is 64.4 Å². The molecule has 0 fully saturated rings. The zero-order valence-corrected chi connectivity index (χ0v) is 18.8. The van der Waals surface area contributed by atoms with E-state index < -0.39 is 0 Å². The second kappa shape index (κ2) is 11.1. The van der Waals surface area contributed by atoms with Crippen LogP contribution in [0.25, 0.3) is 5.69 Å². The number of aliphatic imine (C=N–C) groups is 1. The normalized spacial score (nSPS) is 12.3. The molecule has 0 aliphatic carbocycles. The number of aromatic nitrogens is 2. The largest absolute Gasteiger partial charge is 0.357 e. The third kappa shape index (κ3) is 6.35. The molecule has 0 saturated heterocycles. The summed E-state index contributed by atoms with van der Waals surface area (Å²) >= 11 is 1.74. The van der Waals surface area contributed by atoms with Crippen LogP contribution in [0.2, 0.25) is 0 Å². The van der Waals surface area contributed by atoms with Gasteiger partial charge < -0.3 is 10.6 Å². The number of hydrogen-bond acceptors (Lipinski definition) is 3. The average molecular weight is 495 g/mol. The first kappa shape index (κ1) is 21.4. The van der Waals surface area contributed by atoms with Gasteiger partial charge in [-0.15, -0.1) is 24.0 Å². The predicted octanol–water partition coefficient (Wildman–Crippen LogP) is 4.41. The summed E-state index contributed by atoms with van der Waals surface area (Å²) in [5, 5.41) is 15.6. The van der Waals surface area contributed by atoms with Crippen LogP contribution in [0.5, 0.6) is 0 Å². The van der Waals surface area contributed by atoms with E-state index in [1.54, 1.807) is 11.3 Å². The minimum Gasteiger partial charge on any atom is -0.357 e. The van der Waals surface area contributed by atoms with E-state index in [1.165, 1.54) is 5.56 Å². The Morgan fingerprint density at radius 3 is 2.70 bits per heavy atom. The Bertz CT molecular complexity index is 814. The Morgan fingerprint density at radius 2 is 2.00 bits per heavy atom. The number of nitrogens with one attached hydrogen (secondary N) is 2. The van der Waals surface area contributed by atoms with Gasteiger partial charge in [-0.1, -0.05) is 25.1 Å². The quantitative estimate of drug-likeness (QED) is 0.290. The van der Waals surface area contributed by atoms with E-state index in [0.29, 0.717) is 12.5 Å². The monoisotopic (exact) mass is 495 g/mol. The summed E-state index contributed by atoms with van der Waals surface area (Å²) < 4.78 is 1.88. The molecule has 0 aliphatic heterocycles. The second-order valence-corrected chi connectivity index (χ2v) is 6.90. The van der Waals surface area contributed by atoms with Gasteiger partial charge in [-0.05, 0) is 53.4 Å². The van der Waals surface area contributed by atoms with Crippen LogP contribution in [0, 0.1) is 0 Å². The van der Waals surface area contributed by atoms with Gasteiger partial charge in [0, 0.05) is 19.3 Å². The van der Waals surface area contributed by atoms with E-state index in [9.17, 15) is 0 Å². The lowest BCUT2D eigenvalue weighted by Crippen LogP contribution is -2.39. The molecule has 144 valence electrons. The molecule has 0 bridgehead atoms. The third-order valence-electron chi connectivity index (χ3n) is 4.10. The van der Waals surface area contributed by atoms with Crippen LogP contribution in [-0.2, 0) is 6.54 Å². The standard InChI is InChI=1S/C20H25N5S.HI/c1-3-21-20(22-13-16(2)17-10-12-26-15-17)23-14-18-9-11-25(24-18)19-7-5-4-6-8-19;/h4-12,15-16H,3,13-14H2,1-2H3,(H2,21,22,23);1H. The Labute approximate surface area is 181 Å². The fraction of sp³-hybridized carbons (Fsp3) is 0.300. The Morgan fingerprint density at radius 1 is 1.19 bits per heavy atom. The molecular weight excluding hydrogens is 469 g/mol. The lowest BCUT2D eigenvalue weighted by molar-refractivity contribution is 0.700. The average Bonchev–Trinajstić information content (AvgIpc) is 3.36. The van der Waals surface area contributed by atoms with Gasteiger partial charge >= 0.3 is 0 Å². The number of guanidine groups is 1. The Kier molecular flexibility index (Phi) is 8.80. The second-order valence-electron chi connectivity index (χ2n) is 6.12. The van der Waals surface area contributed by atoms with E-state index in [4.69, 9.17) is 0 Å². The van der Waals surface area contributed by atoms with Gasteiger partial charge in [0.15, 0.2) is 5.96 Å². The first-order valence-corrected chi connectivity index (χ1v) is 9.84. The molecule has 0 spiro atoms. The number of rotatable bonds is 7. The number of halogens is 1. The summed E-state index contributed by atoms with van der Waals surface area (Å²) in [6.45, 7) is 6.52. The fourth-order valence-corrected chi connectivity index (χ4v) is 3.38. The first-order chi connectivity index (χ1) is 12.8. The molecule has 5 nitrogen and oxygen atoms in total. The highest BCUT2D eigenvalue weighted by atomic mass is 127. The topological polar surface area (TPSA) is 54.2 Å². The molecule has 1 unspecified atom stereocenters. The van der Waals surface area contributed by atoms with Gasteiger partial charge in [0.05, 0.1) is 17.9 Å². The van der Waals surface area contributed by atoms with Crippen molar-refractivity contribution in [2.75, 3.05) is 13.1 Å². The van der Waals surface area contributed by atoms with E-state index in [0.717, 1.165) is 30.4 Å². The molecule has 0 amide bonds. The summed E-state index contributed by atoms with van der Waals surface area (Å²) in [6, 6.07) is 14.3. The number of nitrogens with zero attached hydrogens (tertiary/aromatic N) is 3. The van der Waals surface area contributed by atoms with Crippen molar-refractivity contribution >= 4 is 41.3 Å². The number of benzene rings is 1. The van der Waals surface area contributed by atoms with Gasteiger partial charge in [0.1, 0.15) is 0 Å². The maximum absolute atomic E-state index is 4.67. The van der Waals surface area contributed by atoms with Crippen LogP contribution in [0.1, 0.15) is 31.0 Å². The summed E-state index contributed by atoms with van der Waals surface area (Å²) in [6.07, 6.45) is 1.97. The van der Waals surface area contributed by atoms with Crippen LogP contribution < -0.4 is 10.6 Å². The summed E-state index contributed by atoms with van der Waals surface area (Å²) in [5.41, 5.74) is 3.36. The Balaban J connectivity index is 0.00000261. The highest BCUT2D eigenvalue weighted by Gasteiger charge is 2.07. The molecular formula is C20H26IN5S. The van der Waals surface area contributed by atoms with Crippen LogP contribution >= 0.6 is 35.3 Å². The van der Waals surface area contributed by atoms with Crippen molar-refractivity contribution in [3.63, 3.8) is 0 Å². The maximum Gasteiger partial charge on any atom is 0.191 e. The van der Waals surface area contributed by atoms with Crippen molar-refractivity contribution in [3.05, 3.63) is 70.7 Å². The molecule has 1 aromatic carbocycles. The molecule has 2 heterocycles. The van der Waals surface area contributed by atoms with Gasteiger partial charge in [-0.25, -0.2) is 9.67 Å². The van der Waals surface area contributed by atoms with Gasteiger partial charge in [-0.2, -0.15) is 16.4 Å². The smallest absolute Gasteiger partial charge is 0.191 e. The van der Waals surface area contributed by atoms with Gasteiger partial charge in [0.25, 0.3) is 0 Å². The first-order valence-electron chi connectivity index (χ1n) is 8.90. The Hall–Kier alpha value is -1.87. The van der Waals surface area contributed by atoms with Crippen molar-refractivity contribution < 1.29 is 0 Å². The number of thiophene rings is 1. The van der Waals surface area contributed by atoms with Crippen LogP contribution in [-0.4, -0.2) is 28.8 Å². The minimum atomic E-state index is 0. The molecule has 27 heavy (non-hydrogen) atoms. The minimum absolute atomic E-state index is 0. The van der Waals surface area contributed by atoms with Crippen molar-refractivity contribution in [1.29, 1.82) is 0 Å². The van der Waals surface area contributed by atoms with E-state index in [-0.39, 0.29) is 24.0 Å². The zero-order chi connectivity index (χ0) is 18.2. The molecule has 0 aliphatic rings. The van der Waals surface area contributed by atoms with Crippen LogP contribution in [0.4, 0.5) is 0 Å². The summed E-state index contributed by atoms with van der Waals surface area (Å²) in [7, 11) is 0. The van der Waals surface area contributed by atoms with E-state index in [2.05, 4.69) is 51.4 Å². The SMILES string of the molecule is CCNC(=NCc1ccn(-c2ccccc2)n1)NCC(C)c1ccsc1.I. The maximum atomic E-state index is 4.67. The molecule has 0 radical (unpaired) electrons. The molecule has 3 aromatic rings. The highest BCUT2D eigenvalue weighted by Crippen LogP contribution is 2.17. The van der Waals surface area contributed by atoms with E-state index >= 15 is 0 Å². The van der Waals surface area contributed by atoms with Crippen molar-refractivity contribution in [1.82, 2.24) is 20.4 Å². The molecule has 2 N–H and O–H groups in total. The molecule has 7 heteroatoms. The lowest BCUT2D eigenvalue weighted by Gasteiger charge is -2.15. The van der Waals surface area contributed by atoms with Crippen molar-refractivity contribution in [3.8, 4) is 5.69 Å². The van der Waals surface area contributed by atoms with Gasteiger partial charge in [-0.3, -0.25) is 0 Å². The van der Waals surface area contributed by atoms with Gasteiger partial charge in [0.2, 0.25) is 0 Å². The molecule has 2 aromatic heterocycles. The van der Waals surface area contributed by atoms with Crippen molar-refractivity contribution in [2.45, 2.75) is 26.3 Å². The lowest BCUT2D eigenvalue weighted by atomic mass is 10.1. The molecule has 0 saturated carbocycles. The zero-order valence-electron chi connectivity index (χ0n) is 15.6. The fourth-order valence-electron chi connectivity index (χ4n) is 2.60. The molecule has 1 atom stereocenters. The molecule has 3 rings (SSSR count). The van der Waals surface area contributed by atoms with E-state index in [1.807, 2.05) is 47.3 Å². The van der Waals surface area contributed by atoms with Crippen LogP contribution in [0.3, 0.4) is 0 Å². The predicted molar refractivity (Wildman–Crippen MR) is 125 cm³/mol. The summed E-state index contributed by atoms with van der Waals surface area (Å²) in [5.74, 6) is 1.27. The number of para-hydroxylation sites is 1. The third-order valence-corrected chi connectivity index (χ3v) is 4.80. The highest BCUT2D eigenvalue weighted by molar-refractivity contribution is 14.0. The van der Waals surface area contributed by atoms with Crippen molar-refractivity contribution in [2.24, 2.45) is 4.99 Å².